The zero-order valence-corrected chi connectivity index (χ0v) is 24.3. The average molecular weight is 592 g/mol. The van der Waals surface area contributed by atoms with E-state index in [0.717, 1.165) is 4.90 Å². The summed E-state index contributed by atoms with van der Waals surface area (Å²) in [6.07, 6.45) is 3.89. The number of hydrogen-bond acceptors (Lipinski definition) is 8. The molecule has 7 amide bonds. The molecular formula is C26H41BN6O9. The van der Waals surface area contributed by atoms with Crippen molar-refractivity contribution in [3.8, 4) is 0 Å². The van der Waals surface area contributed by atoms with E-state index < -0.39 is 53.5 Å². The molecule has 1 rings (SSSR count). The summed E-state index contributed by atoms with van der Waals surface area (Å²) in [5.41, 5.74) is 4.61. The maximum atomic E-state index is 13.2. The van der Waals surface area contributed by atoms with Crippen LogP contribution in [0.15, 0.2) is 12.2 Å². The molecule has 1 aliphatic heterocycles. The third kappa shape index (κ3) is 13.4. The number of unbranched alkanes of at least 4 members (excludes halogenated alkanes) is 2. The first-order valence-corrected chi connectivity index (χ1v) is 13.9. The lowest BCUT2D eigenvalue weighted by Gasteiger charge is -2.26. The van der Waals surface area contributed by atoms with Crippen LogP contribution in [0.3, 0.4) is 0 Å². The molecule has 3 atom stereocenters. The monoisotopic (exact) mass is 592 g/mol. The largest absolute Gasteiger partial charge is 0.481 e. The Morgan fingerprint density at radius 1 is 0.857 bits per heavy atom. The van der Waals surface area contributed by atoms with Crippen LogP contribution in [-0.2, 0) is 33.6 Å². The average Bonchev–Trinajstić information content (AvgIpc) is 3.22. The molecule has 15 nitrogen and oxygen atoms in total. The molecule has 0 aromatic heterocycles. The number of urea groups is 1. The van der Waals surface area contributed by atoms with Crippen LogP contribution in [0.4, 0.5) is 4.79 Å². The van der Waals surface area contributed by atoms with Crippen molar-refractivity contribution < 1.29 is 43.5 Å². The fourth-order valence-electron chi connectivity index (χ4n) is 4.13. The quantitative estimate of drug-likeness (QED) is 0.0523. The number of nitrogens with two attached hydrogens (primary N) is 1. The van der Waals surface area contributed by atoms with Gasteiger partial charge in [0.1, 0.15) is 17.8 Å². The van der Waals surface area contributed by atoms with E-state index in [-0.39, 0.29) is 62.9 Å². The highest BCUT2D eigenvalue weighted by Crippen LogP contribution is 2.10. The molecule has 7 N–H and O–H groups in total. The van der Waals surface area contributed by atoms with Gasteiger partial charge in [0.25, 0.3) is 11.8 Å². The first-order chi connectivity index (χ1) is 19.7. The minimum absolute atomic E-state index is 0.0533. The van der Waals surface area contributed by atoms with Gasteiger partial charge in [-0.1, -0.05) is 20.3 Å². The number of carbonyl (C=O) groups excluding carboxylic acids is 7. The van der Waals surface area contributed by atoms with Crippen LogP contribution in [0.1, 0.15) is 65.2 Å². The lowest BCUT2D eigenvalue weighted by molar-refractivity contribution is -0.138. The fourth-order valence-corrected chi connectivity index (χ4v) is 4.13. The van der Waals surface area contributed by atoms with Gasteiger partial charge >= 0.3 is 12.0 Å². The summed E-state index contributed by atoms with van der Waals surface area (Å²) in [4.78, 5) is 97.0. The SMILES string of the molecule is BC(=O)[C@H](CCC(=O)O)NC(=O)[C@H](CCCNC(N)=O)NC(=O)C(NC(=O)CCCCCN1C(=O)C=CC1=O)C(C)C. The predicted molar refractivity (Wildman–Crippen MR) is 152 cm³/mol. The molecule has 0 bridgehead atoms. The minimum Gasteiger partial charge on any atom is -0.481 e. The first-order valence-electron chi connectivity index (χ1n) is 13.9. The Kier molecular flexibility index (Phi) is 15.6. The van der Waals surface area contributed by atoms with Crippen molar-refractivity contribution in [2.45, 2.75) is 83.3 Å². The van der Waals surface area contributed by atoms with Crippen LogP contribution in [0, 0.1) is 5.92 Å². The number of carbonyl (C=O) groups is 8. The van der Waals surface area contributed by atoms with Gasteiger partial charge in [-0.25, -0.2) is 4.79 Å². The molecule has 0 fully saturated rings. The molecular weight excluding hydrogens is 551 g/mol. The van der Waals surface area contributed by atoms with Gasteiger partial charge in [0.05, 0.1) is 6.04 Å². The lowest BCUT2D eigenvalue weighted by Crippen LogP contribution is -2.57. The molecule has 0 aliphatic carbocycles. The maximum absolute atomic E-state index is 13.2. The summed E-state index contributed by atoms with van der Waals surface area (Å²) in [6, 6.07) is -3.97. The Morgan fingerprint density at radius 3 is 2.02 bits per heavy atom. The number of nitrogens with one attached hydrogen (secondary N) is 4. The van der Waals surface area contributed by atoms with Crippen LogP contribution in [0.2, 0.25) is 0 Å². The summed E-state index contributed by atoms with van der Waals surface area (Å²) >= 11 is 0. The van der Waals surface area contributed by atoms with Gasteiger partial charge in [0.15, 0.2) is 7.85 Å². The van der Waals surface area contributed by atoms with Gasteiger partial charge < -0.3 is 36.9 Å². The van der Waals surface area contributed by atoms with Crippen molar-refractivity contribution in [1.29, 1.82) is 0 Å². The minimum atomic E-state index is -1.15. The van der Waals surface area contributed by atoms with E-state index in [0.29, 0.717) is 19.3 Å². The number of primary amides is 1. The highest BCUT2D eigenvalue weighted by atomic mass is 16.4. The lowest BCUT2D eigenvalue weighted by atomic mass is 9.91. The summed E-state index contributed by atoms with van der Waals surface area (Å²) < 4.78 is 0. The number of rotatable bonds is 20. The number of amides is 7. The first kappa shape index (κ1) is 35.8. The number of carboxylic acids is 1. The van der Waals surface area contributed by atoms with E-state index in [1.165, 1.54) is 20.0 Å². The van der Waals surface area contributed by atoms with Gasteiger partial charge in [-0.05, 0) is 38.0 Å². The van der Waals surface area contributed by atoms with Crippen LogP contribution < -0.4 is 27.0 Å². The number of carboxylic acid groups (broad SMARTS) is 1. The van der Waals surface area contributed by atoms with Crippen molar-refractivity contribution in [2.75, 3.05) is 13.1 Å². The van der Waals surface area contributed by atoms with E-state index in [1.54, 1.807) is 13.8 Å². The normalized spacial score (nSPS) is 14.7. The summed E-state index contributed by atoms with van der Waals surface area (Å²) in [5, 5.41) is 19.1. The van der Waals surface area contributed by atoms with E-state index in [2.05, 4.69) is 21.3 Å². The van der Waals surface area contributed by atoms with Crippen molar-refractivity contribution in [3.63, 3.8) is 0 Å². The van der Waals surface area contributed by atoms with E-state index in [1.807, 2.05) is 0 Å². The van der Waals surface area contributed by atoms with Gasteiger partial charge in [-0.3, -0.25) is 33.7 Å². The highest BCUT2D eigenvalue weighted by molar-refractivity contribution is 6.59. The van der Waals surface area contributed by atoms with Crippen molar-refractivity contribution in [1.82, 2.24) is 26.2 Å². The molecule has 0 aromatic carbocycles. The third-order valence-electron chi connectivity index (χ3n) is 6.51. The number of imide groups is 1. The number of hydrogen-bond donors (Lipinski definition) is 6. The topological polar surface area (TPSA) is 234 Å². The standard InChI is InChI=1S/C26H41BN6O9/c1-15(2)22(32-18(34)8-4-3-5-14-33-19(35)10-11-20(33)36)25(41)31-17(7-6-13-29-26(28)42)24(40)30-16(23(27)39)9-12-21(37)38/h10-11,15-17,22H,3-9,12-14,27H2,1-2H3,(H,30,40)(H,31,41)(H,32,34)(H,37,38)(H3,28,29,42)/t16-,17-,22?/m0/s1. The highest BCUT2D eigenvalue weighted by Gasteiger charge is 2.30. The molecule has 0 saturated heterocycles. The Balaban J connectivity index is 2.75. The molecule has 0 radical (unpaired) electrons. The fraction of sp³-hybridized carbons (Fsp3) is 0.615. The molecule has 1 unspecified atom stereocenters. The Morgan fingerprint density at radius 2 is 1.48 bits per heavy atom. The van der Waals surface area contributed by atoms with Gasteiger partial charge in [0.2, 0.25) is 17.7 Å². The van der Waals surface area contributed by atoms with Gasteiger partial charge in [-0.15, -0.1) is 0 Å². The second kappa shape index (κ2) is 18.2. The molecule has 42 heavy (non-hydrogen) atoms. The van der Waals surface area contributed by atoms with Crippen LogP contribution in [0.5, 0.6) is 0 Å². The second-order valence-corrected chi connectivity index (χ2v) is 10.4. The summed E-state index contributed by atoms with van der Waals surface area (Å²) in [7, 11) is 1.21. The second-order valence-electron chi connectivity index (χ2n) is 10.4. The maximum Gasteiger partial charge on any atom is 0.312 e. The number of nitrogens with zero attached hydrogens (tertiary/aromatic N) is 1. The van der Waals surface area contributed by atoms with Gasteiger partial charge in [0, 0.05) is 38.1 Å². The van der Waals surface area contributed by atoms with Crippen molar-refractivity contribution in [3.05, 3.63) is 12.2 Å². The molecule has 232 valence electrons. The van der Waals surface area contributed by atoms with E-state index in [4.69, 9.17) is 10.8 Å². The predicted octanol–water partition coefficient (Wildman–Crippen LogP) is -1.94. The Bertz CT molecular complexity index is 1050. The summed E-state index contributed by atoms with van der Waals surface area (Å²) in [6.45, 7) is 3.80. The molecule has 0 aromatic rings. The zero-order chi connectivity index (χ0) is 31.8. The summed E-state index contributed by atoms with van der Waals surface area (Å²) in [5.74, 6) is -3.96. The molecule has 16 heteroatoms. The molecule has 1 aliphatic rings. The number of aliphatic carboxylic acids is 1. The van der Waals surface area contributed by atoms with Crippen LogP contribution in [-0.4, -0.2) is 96.3 Å². The van der Waals surface area contributed by atoms with Crippen LogP contribution >= 0.6 is 0 Å². The molecule has 1 heterocycles. The Hall–Kier alpha value is -4.24. The van der Waals surface area contributed by atoms with Crippen molar-refractivity contribution >= 4 is 55.1 Å². The molecule has 0 saturated carbocycles. The van der Waals surface area contributed by atoms with Crippen LogP contribution in [0.25, 0.3) is 0 Å². The van der Waals surface area contributed by atoms with Crippen molar-refractivity contribution in [2.24, 2.45) is 11.7 Å². The van der Waals surface area contributed by atoms with E-state index >= 15 is 0 Å². The molecule has 0 spiro atoms. The zero-order valence-electron chi connectivity index (χ0n) is 24.3. The van der Waals surface area contributed by atoms with Gasteiger partial charge in [-0.2, -0.15) is 0 Å². The Labute approximate surface area is 245 Å². The third-order valence-corrected chi connectivity index (χ3v) is 6.51. The smallest absolute Gasteiger partial charge is 0.312 e. The van der Waals surface area contributed by atoms with E-state index in [9.17, 15) is 38.4 Å².